The van der Waals surface area contributed by atoms with Crippen LogP contribution in [0.5, 0.6) is 0 Å². The molecule has 1 N–H and O–H groups in total. The molecule has 0 saturated heterocycles. The topological polar surface area (TPSA) is 34.4 Å². The fourth-order valence-electron chi connectivity index (χ4n) is 1.60. The van der Waals surface area contributed by atoms with Gasteiger partial charge in [-0.3, -0.25) is 0 Å². The van der Waals surface area contributed by atoms with Crippen molar-refractivity contribution < 1.29 is 9.15 Å². The van der Waals surface area contributed by atoms with Gasteiger partial charge < -0.3 is 14.5 Å². The van der Waals surface area contributed by atoms with Crippen LogP contribution in [0.2, 0.25) is 0 Å². The lowest BCUT2D eigenvalue weighted by Gasteiger charge is -2.04. The monoisotopic (exact) mass is 251 g/mol. The zero-order chi connectivity index (χ0) is 13.2. The molecule has 3 nitrogen and oxygen atoms in total. The van der Waals surface area contributed by atoms with E-state index in [-0.39, 0.29) is 0 Å². The van der Waals surface area contributed by atoms with Gasteiger partial charge in [-0.05, 0) is 31.4 Å². The third-order valence-electron chi connectivity index (χ3n) is 2.53. The molecule has 0 atom stereocenters. The molecule has 1 aromatic rings. The SMILES string of the molecule is C=CCCCOCc1cc(CNCC(C)C)co1. The summed E-state index contributed by atoms with van der Waals surface area (Å²) in [6.45, 7) is 11.3. The molecule has 0 bridgehead atoms. The first-order chi connectivity index (χ1) is 8.72. The lowest BCUT2D eigenvalue weighted by Crippen LogP contribution is -2.18. The van der Waals surface area contributed by atoms with Crippen LogP contribution < -0.4 is 5.32 Å². The highest BCUT2D eigenvalue weighted by atomic mass is 16.5. The number of unbranched alkanes of at least 4 members (excludes halogenated alkanes) is 1. The summed E-state index contributed by atoms with van der Waals surface area (Å²) in [7, 11) is 0. The van der Waals surface area contributed by atoms with Gasteiger partial charge in [0.2, 0.25) is 0 Å². The van der Waals surface area contributed by atoms with E-state index in [1.54, 1.807) is 6.26 Å². The van der Waals surface area contributed by atoms with Gasteiger partial charge in [-0.25, -0.2) is 0 Å². The van der Waals surface area contributed by atoms with Gasteiger partial charge in [0, 0.05) is 18.7 Å². The first kappa shape index (κ1) is 15.0. The molecule has 0 aromatic carbocycles. The number of nitrogens with one attached hydrogen (secondary N) is 1. The number of ether oxygens (including phenoxy) is 1. The minimum atomic E-state index is 0.557. The Morgan fingerprint density at radius 3 is 3.06 bits per heavy atom. The summed E-state index contributed by atoms with van der Waals surface area (Å²) in [4.78, 5) is 0. The molecule has 0 amide bonds. The van der Waals surface area contributed by atoms with Crippen LogP contribution in [0.4, 0.5) is 0 Å². The van der Waals surface area contributed by atoms with Crippen molar-refractivity contribution in [3.05, 3.63) is 36.3 Å². The number of allylic oxidation sites excluding steroid dienone is 1. The van der Waals surface area contributed by atoms with E-state index in [1.165, 1.54) is 5.56 Å². The Morgan fingerprint density at radius 1 is 1.50 bits per heavy atom. The molecular weight excluding hydrogens is 226 g/mol. The van der Waals surface area contributed by atoms with E-state index in [9.17, 15) is 0 Å². The van der Waals surface area contributed by atoms with Gasteiger partial charge in [-0.2, -0.15) is 0 Å². The molecule has 1 rings (SSSR count). The highest BCUT2D eigenvalue weighted by molar-refractivity contribution is 5.11. The fraction of sp³-hybridized carbons (Fsp3) is 0.600. The molecule has 0 fully saturated rings. The predicted molar refractivity (Wildman–Crippen MR) is 74.3 cm³/mol. The molecule has 3 heteroatoms. The number of hydrogen-bond donors (Lipinski definition) is 1. The van der Waals surface area contributed by atoms with Gasteiger partial charge in [0.25, 0.3) is 0 Å². The van der Waals surface area contributed by atoms with Gasteiger partial charge in [0.15, 0.2) is 0 Å². The average Bonchev–Trinajstić information content (AvgIpc) is 2.76. The third kappa shape index (κ3) is 6.62. The molecule has 102 valence electrons. The molecule has 1 heterocycles. The Morgan fingerprint density at radius 2 is 2.33 bits per heavy atom. The van der Waals surface area contributed by atoms with Crippen LogP contribution in [0.25, 0.3) is 0 Å². The van der Waals surface area contributed by atoms with Crippen LogP contribution in [-0.2, 0) is 17.9 Å². The van der Waals surface area contributed by atoms with Crippen molar-refractivity contribution in [2.75, 3.05) is 13.2 Å². The minimum absolute atomic E-state index is 0.557. The molecule has 0 spiro atoms. The van der Waals surface area contributed by atoms with Crippen LogP contribution in [0.1, 0.15) is 38.0 Å². The van der Waals surface area contributed by atoms with Crippen molar-refractivity contribution in [3.8, 4) is 0 Å². The molecule has 1 aromatic heterocycles. The second-order valence-corrected chi connectivity index (χ2v) is 4.93. The van der Waals surface area contributed by atoms with E-state index in [1.807, 2.05) is 6.08 Å². The van der Waals surface area contributed by atoms with Crippen LogP contribution in [0.3, 0.4) is 0 Å². The molecular formula is C15H25NO2. The zero-order valence-electron chi connectivity index (χ0n) is 11.6. The third-order valence-corrected chi connectivity index (χ3v) is 2.53. The summed E-state index contributed by atoms with van der Waals surface area (Å²) < 4.78 is 11.0. The van der Waals surface area contributed by atoms with Crippen molar-refractivity contribution in [2.24, 2.45) is 5.92 Å². The summed E-state index contributed by atoms with van der Waals surface area (Å²) in [6, 6.07) is 2.06. The second kappa shape index (κ2) is 8.95. The Hall–Kier alpha value is -1.06. The van der Waals surface area contributed by atoms with E-state index >= 15 is 0 Å². The fourth-order valence-corrected chi connectivity index (χ4v) is 1.60. The van der Waals surface area contributed by atoms with Gasteiger partial charge in [0.05, 0.1) is 6.26 Å². The summed E-state index contributed by atoms with van der Waals surface area (Å²) in [5.74, 6) is 1.57. The van der Waals surface area contributed by atoms with E-state index in [4.69, 9.17) is 9.15 Å². The molecule has 0 aliphatic rings. The summed E-state index contributed by atoms with van der Waals surface area (Å²) in [6.07, 6.45) is 5.74. The Kier molecular flexibility index (Phi) is 7.46. The molecule has 18 heavy (non-hydrogen) atoms. The number of hydrogen-bond acceptors (Lipinski definition) is 3. The summed E-state index contributed by atoms with van der Waals surface area (Å²) >= 11 is 0. The largest absolute Gasteiger partial charge is 0.467 e. The lowest BCUT2D eigenvalue weighted by molar-refractivity contribution is 0.104. The first-order valence-electron chi connectivity index (χ1n) is 6.68. The summed E-state index contributed by atoms with van der Waals surface area (Å²) in [5, 5.41) is 3.39. The van der Waals surface area contributed by atoms with Crippen LogP contribution in [0, 0.1) is 5.92 Å². The van der Waals surface area contributed by atoms with E-state index in [2.05, 4.69) is 31.8 Å². The zero-order valence-corrected chi connectivity index (χ0v) is 11.6. The minimum Gasteiger partial charge on any atom is -0.467 e. The standard InChI is InChI=1S/C15H25NO2/c1-4-5-6-7-17-12-15-8-14(11-18-15)10-16-9-13(2)3/h4,8,11,13,16H,1,5-7,9-10,12H2,2-3H3. The predicted octanol–water partition coefficient (Wildman–Crippen LogP) is 3.51. The Bertz CT molecular complexity index is 331. The smallest absolute Gasteiger partial charge is 0.129 e. The van der Waals surface area contributed by atoms with E-state index < -0.39 is 0 Å². The number of rotatable bonds is 10. The van der Waals surface area contributed by atoms with Crippen molar-refractivity contribution in [3.63, 3.8) is 0 Å². The van der Waals surface area contributed by atoms with Crippen molar-refractivity contribution in [2.45, 2.75) is 39.8 Å². The maximum Gasteiger partial charge on any atom is 0.129 e. The van der Waals surface area contributed by atoms with Crippen molar-refractivity contribution in [1.29, 1.82) is 0 Å². The van der Waals surface area contributed by atoms with Crippen molar-refractivity contribution >= 4 is 0 Å². The van der Waals surface area contributed by atoms with Crippen molar-refractivity contribution in [1.82, 2.24) is 5.32 Å². The summed E-state index contributed by atoms with van der Waals surface area (Å²) in [5.41, 5.74) is 1.18. The quantitative estimate of drug-likeness (QED) is 0.510. The highest BCUT2D eigenvalue weighted by Crippen LogP contribution is 2.09. The second-order valence-electron chi connectivity index (χ2n) is 4.93. The van der Waals surface area contributed by atoms with Crippen LogP contribution in [-0.4, -0.2) is 13.2 Å². The van der Waals surface area contributed by atoms with E-state index in [0.29, 0.717) is 12.5 Å². The van der Waals surface area contributed by atoms with Gasteiger partial charge in [0.1, 0.15) is 12.4 Å². The molecule has 0 radical (unpaired) electrons. The first-order valence-corrected chi connectivity index (χ1v) is 6.68. The molecule has 0 saturated carbocycles. The van der Waals surface area contributed by atoms with Crippen LogP contribution >= 0.6 is 0 Å². The number of furan rings is 1. The Labute approximate surface area is 110 Å². The van der Waals surface area contributed by atoms with Gasteiger partial charge >= 0.3 is 0 Å². The average molecular weight is 251 g/mol. The van der Waals surface area contributed by atoms with E-state index in [0.717, 1.165) is 38.3 Å². The van der Waals surface area contributed by atoms with Crippen LogP contribution in [0.15, 0.2) is 29.4 Å². The molecule has 0 unspecified atom stereocenters. The molecule has 0 aliphatic carbocycles. The normalized spacial score (nSPS) is 11.1. The maximum absolute atomic E-state index is 5.52. The highest BCUT2D eigenvalue weighted by Gasteiger charge is 2.02. The molecule has 0 aliphatic heterocycles. The Balaban J connectivity index is 2.15. The maximum atomic E-state index is 5.52. The lowest BCUT2D eigenvalue weighted by atomic mass is 10.2. The van der Waals surface area contributed by atoms with Gasteiger partial charge in [-0.1, -0.05) is 19.9 Å². The van der Waals surface area contributed by atoms with Gasteiger partial charge in [-0.15, -0.1) is 6.58 Å².